The molecule has 1 heterocycles. The van der Waals surface area contributed by atoms with Crippen LogP contribution in [0.3, 0.4) is 0 Å². The molecule has 21 heavy (non-hydrogen) atoms. The number of halogens is 2. The molecule has 1 atom stereocenters. The molecule has 0 radical (unpaired) electrons. The summed E-state index contributed by atoms with van der Waals surface area (Å²) < 4.78 is 26.1. The maximum absolute atomic E-state index is 13.2. The van der Waals surface area contributed by atoms with Gasteiger partial charge in [-0.3, -0.25) is 14.9 Å². The largest absolute Gasteiger partial charge is 0.353 e. The average Bonchev–Trinajstić information content (AvgIpc) is 2.48. The summed E-state index contributed by atoms with van der Waals surface area (Å²) in [5.41, 5.74) is 0.518. The molecule has 2 rings (SSSR count). The first-order valence-corrected chi connectivity index (χ1v) is 6.74. The van der Waals surface area contributed by atoms with Crippen molar-refractivity contribution in [3.05, 3.63) is 35.4 Å². The first-order chi connectivity index (χ1) is 10.0. The molecule has 1 aliphatic rings. The van der Waals surface area contributed by atoms with Gasteiger partial charge in [0.25, 0.3) is 0 Å². The SMILES string of the molecule is CCN(Cc1ccc(F)c(F)c1)C(=O)C1CNC(=O)CN1. The Hall–Kier alpha value is -2.02. The number of amides is 2. The van der Waals surface area contributed by atoms with Crippen LogP contribution in [-0.2, 0) is 16.1 Å². The van der Waals surface area contributed by atoms with Gasteiger partial charge in [-0.2, -0.15) is 0 Å². The monoisotopic (exact) mass is 297 g/mol. The van der Waals surface area contributed by atoms with E-state index in [1.54, 1.807) is 6.92 Å². The lowest BCUT2D eigenvalue weighted by atomic mass is 10.1. The van der Waals surface area contributed by atoms with Crippen LogP contribution < -0.4 is 10.6 Å². The van der Waals surface area contributed by atoms with E-state index in [1.165, 1.54) is 11.0 Å². The molecule has 0 saturated carbocycles. The molecule has 1 saturated heterocycles. The Morgan fingerprint density at radius 2 is 2.14 bits per heavy atom. The summed E-state index contributed by atoms with van der Waals surface area (Å²) >= 11 is 0. The Labute approximate surface area is 121 Å². The highest BCUT2D eigenvalue weighted by Gasteiger charge is 2.27. The van der Waals surface area contributed by atoms with Gasteiger partial charge in [0.05, 0.1) is 6.54 Å². The second kappa shape index (κ2) is 6.62. The smallest absolute Gasteiger partial charge is 0.241 e. The third-order valence-electron chi connectivity index (χ3n) is 3.36. The number of piperazine rings is 1. The van der Waals surface area contributed by atoms with Gasteiger partial charge in [0.1, 0.15) is 6.04 Å². The van der Waals surface area contributed by atoms with Gasteiger partial charge in [-0.25, -0.2) is 8.78 Å². The molecule has 1 aliphatic heterocycles. The van der Waals surface area contributed by atoms with Gasteiger partial charge in [0.15, 0.2) is 11.6 Å². The van der Waals surface area contributed by atoms with Gasteiger partial charge >= 0.3 is 0 Å². The van der Waals surface area contributed by atoms with Crippen LogP contribution in [0.25, 0.3) is 0 Å². The normalized spacial score (nSPS) is 18.2. The van der Waals surface area contributed by atoms with E-state index in [2.05, 4.69) is 10.6 Å². The predicted molar refractivity (Wildman–Crippen MR) is 72.2 cm³/mol. The van der Waals surface area contributed by atoms with Crippen LogP contribution in [0, 0.1) is 11.6 Å². The number of carbonyl (C=O) groups is 2. The Morgan fingerprint density at radius 1 is 1.38 bits per heavy atom. The zero-order valence-corrected chi connectivity index (χ0v) is 11.7. The fourth-order valence-electron chi connectivity index (χ4n) is 2.17. The molecule has 0 bridgehead atoms. The fraction of sp³-hybridized carbons (Fsp3) is 0.429. The zero-order valence-electron chi connectivity index (χ0n) is 11.7. The Bertz CT molecular complexity index is 541. The second-order valence-electron chi connectivity index (χ2n) is 4.84. The summed E-state index contributed by atoms with van der Waals surface area (Å²) in [6.45, 7) is 2.76. The molecule has 5 nitrogen and oxygen atoms in total. The lowest BCUT2D eigenvalue weighted by Crippen LogP contribution is -2.58. The average molecular weight is 297 g/mol. The molecule has 1 aromatic rings. The van der Waals surface area contributed by atoms with Crippen LogP contribution in [-0.4, -0.2) is 42.4 Å². The van der Waals surface area contributed by atoms with Crippen molar-refractivity contribution in [3.8, 4) is 0 Å². The summed E-state index contributed by atoms with van der Waals surface area (Å²) in [4.78, 5) is 24.9. The van der Waals surface area contributed by atoms with Gasteiger partial charge in [0, 0.05) is 19.6 Å². The third kappa shape index (κ3) is 3.75. The van der Waals surface area contributed by atoms with Crippen molar-refractivity contribution < 1.29 is 18.4 Å². The molecule has 1 unspecified atom stereocenters. The number of nitrogens with one attached hydrogen (secondary N) is 2. The summed E-state index contributed by atoms with van der Waals surface area (Å²) in [6.07, 6.45) is 0. The molecular formula is C14H17F2N3O2. The van der Waals surface area contributed by atoms with E-state index in [4.69, 9.17) is 0 Å². The molecular weight excluding hydrogens is 280 g/mol. The standard InChI is InChI=1S/C14H17F2N3O2/c1-2-19(8-9-3-4-10(15)11(16)5-9)14(21)12-6-18-13(20)7-17-12/h3-5,12,17H,2,6-8H2,1H3,(H,18,20). The maximum atomic E-state index is 13.2. The Morgan fingerprint density at radius 3 is 2.71 bits per heavy atom. The van der Waals surface area contributed by atoms with Gasteiger partial charge in [0.2, 0.25) is 11.8 Å². The predicted octanol–water partition coefficient (Wildman–Crippen LogP) is 0.401. The van der Waals surface area contributed by atoms with Crippen LogP contribution in [0.1, 0.15) is 12.5 Å². The summed E-state index contributed by atoms with van der Waals surface area (Å²) in [7, 11) is 0. The highest BCUT2D eigenvalue weighted by Crippen LogP contribution is 2.12. The van der Waals surface area contributed by atoms with Gasteiger partial charge in [-0.1, -0.05) is 6.07 Å². The summed E-state index contributed by atoms with van der Waals surface area (Å²) in [6, 6.07) is 3.08. The number of benzene rings is 1. The van der Waals surface area contributed by atoms with E-state index in [9.17, 15) is 18.4 Å². The van der Waals surface area contributed by atoms with Crippen LogP contribution >= 0.6 is 0 Å². The highest BCUT2D eigenvalue weighted by atomic mass is 19.2. The minimum atomic E-state index is -0.931. The number of likely N-dealkylation sites (N-methyl/N-ethyl adjacent to an activating group) is 1. The number of rotatable bonds is 4. The molecule has 0 aromatic heterocycles. The topological polar surface area (TPSA) is 61.4 Å². The summed E-state index contributed by atoms with van der Waals surface area (Å²) in [5, 5.41) is 5.47. The molecule has 2 N–H and O–H groups in total. The van der Waals surface area contributed by atoms with Crippen molar-refractivity contribution in [2.24, 2.45) is 0 Å². The van der Waals surface area contributed by atoms with E-state index in [0.29, 0.717) is 12.1 Å². The Kier molecular flexibility index (Phi) is 4.85. The van der Waals surface area contributed by atoms with Gasteiger partial charge in [-0.05, 0) is 24.6 Å². The van der Waals surface area contributed by atoms with E-state index in [1.807, 2.05) is 0 Å². The number of hydrogen-bond acceptors (Lipinski definition) is 3. The van der Waals surface area contributed by atoms with Crippen molar-refractivity contribution in [1.29, 1.82) is 0 Å². The lowest BCUT2D eigenvalue weighted by molar-refractivity contribution is -0.135. The fourth-order valence-corrected chi connectivity index (χ4v) is 2.17. The second-order valence-corrected chi connectivity index (χ2v) is 4.84. The first-order valence-electron chi connectivity index (χ1n) is 6.74. The lowest BCUT2D eigenvalue weighted by Gasteiger charge is -2.29. The molecule has 0 aliphatic carbocycles. The van der Waals surface area contributed by atoms with Gasteiger partial charge < -0.3 is 10.2 Å². The van der Waals surface area contributed by atoms with Crippen LogP contribution in [0.4, 0.5) is 8.78 Å². The van der Waals surface area contributed by atoms with Gasteiger partial charge in [-0.15, -0.1) is 0 Å². The molecule has 7 heteroatoms. The minimum Gasteiger partial charge on any atom is -0.353 e. The third-order valence-corrected chi connectivity index (χ3v) is 3.36. The van der Waals surface area contributed by atoms with Crippen molar-refractivity contribution >= 4 is 11.8 Å². The minimum absolute atomic E-state index is 0.0964. The number of carbonyl (C=O) groups excluding carboxylic acids is 2. The highest BCUT2D eigenvalue weighted by molar-refractivity contribution is 5.86. The van der Waals surface area contributed by atoms with Crippen molar-refractivity contribution in [1.82, 2.24) is 15.5 Å². The van der Waals surface area contributed by atoms with E-state index >= 15 is 0 Å². The molecule has 0 spiro atoms. The first kappa shape index (κ1) is 15.4. The van der Waals surface area contributed by atoms with Crippen LogP contribution in [0.15, 0.2) is 18.2 Å². The quantitative estimate of drug-likeness (QED) is 0.846. The summed E-state index contributed by atoms with van der Waals surface area (Å²) in [5.74, 6) is -2.17. The van der Waals surface area contributed by atoms with Crippen molar-refractivity contribution in [2.75, 3.05) is 19.6 Å². The Balaban J connectivity index is 2.03. The van der Waals surface area contributed by atoms with Crippen LogP contribution in [0.2, 0.25) is 0 Å². The van der Waals surface area contributed by atoms with Crippen LogP contribution in [0.5, 0.6) is 0 Å². The molecule has 114 valence electrons. The number of nitrogens with zero attached hydrogens (tertiary/aromatic N) is 1. The number of hydrogen-bond donors (Lipinski definition) is 2. The van der Waals surface area contributed by atoms with E-state index < -0.39 is 17.7 Å². The van der Waals surface area contributed by atoms with E-state index in [-0.39, 0.29) is 31.4 Å². The molecule has 2 amide bonds. The molecule has 1 aromatic carbocycles. The maximum Gasteiger partial charge on any atom is 0.241 e. The molecule has 1 fully saturated rings. The van der Waals surface area contributed by atoms with Crippen molar-refractivity contribution in [3.63, 3.8) is 0 Å². The van der Waals surface area contributed by atoms with E-state index in [0.717, 1.165) is 12.1 Å². The van der Waals surface area contributed by atoms with Crippen molar-refractivity contribution in [2.45, 2.75) is 19.5 Å². The zero-order chi connectivity index (χ0) is 15.4.